The summed E-state index contributed by atoms with van der Waals surface area (Å²) < 4.78 is 6.20. The van der Waals surface area contributed by atoms with E-state index in [0.717, 1.165) is 48.8 Å². The van der Waals surface area contributed by atoms with Gasteiger partial charge in [0.05, 0.1) is 17.5 Å². The van der Waals surface area contributed by atoms with E-state index in [-0.39, 0.29) is 24.0 Å². The van der Waals surface area contributed by atoms with Crippen molar-refractivity contribution in [2.75, 3.05) is 13.1 Å². The van der Waals surface area contributed by atoms with Crippen molar-refractivity contribution in [1.82, 2.24) is 9.88 Å². The monoisotopic (exact) mass is 362 g/mol. The SMILES string of the molecule is C=C[C@@H]1CN2CC[C@@H]1C[C@@H]2[C@H](OC(=O)C1CC1)c1ccnc2ccccc12. The molecule has 0 spiro atoms. The molecule has 2 bridgehead atoms. The third-order valence-corrected chi connectivity index (χ3v) is 6.65. The van der Waals surface area contributed by atoms with Crippen LogP contribution in [-0.2, 0) is 9.53 Å². The zero-order chi connectivity index (χ0) is 18.4. The zero-order valence-electron chi connectivity index (χ0n) is 15.6. The number of hydrogen-bond donors (Lipinski definition) is 0. The van der Waals surface area contributed by atoms with Crippen molar-refractivity contribution < 1.29 is 9.53 Å². The van der Waals surface area contributed by atoms with E-state index in [4.69, 9.17) is 4.74 Å². The smallest absolute Gasteiger partial charge is 0.309 e. The van der Waals surface area contributed by atoms with Crippen molar-refractivity contribution in [2.45, 2.75) is 37.8 Å². The molecule has 3 aliphatic heterocycles. The van der Waals surface area contributed by atoms with Gasteiger partial charge in [0.15, 0.2) is 0 Å². The van der Waals surface area contributed by atoms with Crippen LogP contribution in [0, 0.1) is 17.8 Å². The van der Waals surface area contributed by atoms with Crippen molar-refractivity contribution in [3.8, 4) is 0 Å². The molecule has 140 valence electrons. The number of pyridine rings is 1. The van der Waals surface area contributed by atoms with E-state index in [9.17, 15) is 4.79 Å². The standard InChI is InChI=1S/C23H26N2O2/c1-2-15-14-25-12-10-17(15)13-21(25)22(27-23(26)16-7-8-16)19-9-11-24-20-6-4-3-5-18(19)20/h2-6,9,11,15-17,21-22H,1,7-8,10,12-14H2/t15-,17-,21-,22-/m1/s1. The number of benzene rings is 1. The van der Waals surface area contributed by atoms with Gasteiger partial charge in [-0.05, 0) is 56.2 Å². The van der Waals surface area contributed by atoms with E-state index >= 15 is 0 Å². The van der Waals surface area contributed by atoms with Gasteiger partial charge in [-0.1, -0.05) is 24.3 Å². The van der Waals surface area contributed by atoms with Gasteiger partial charge in [-0.2, -0.15) is 0 Å². The molecule has 1 unspecified atom stereocenters. The van der Waals surface area contributed by atoms with Gasteiger partial charge in [-0.25, -0.2) is 0 Å². The topological polar surface area (TPSA) is 42.4 Å². The molecule has 5 atom stereocenters. The molecule has 6 rings (SSSR count). The zero-order valence-corrected chi connectivity index (χ0v) is 15.6. The van der Waals surface area contributed by atoms with E-state index in [0.29, 0.717) is 11.8 Å². The van der Waals surface area contributed by atoms with Crippen molar-refractivity contribution in [3.63, 3.8) is 0 Å². The molecule has 1 saturated carbocycles. The summed E-state index contributed by atoms with van der Waals surface area (Å²) in [6.45, 7) is 6.14. The molecule has 0 N–H and O–H groups in total. The number of ether oxygens (including phenoxy) is 1. The largest absolute Gasteiger partial charge is 0.456 e. The average Bonchev–Trinajstić information content (AvgIpc) is 3.57. The van der Waals surface area contributed by atoms with Crippen LogP contribution in [0.4, 0.5) is 0 Å². The van der Waals surface area contributed by atoms with Gasteiger partial charge in [0.2, 0.25) is 0 Å². The van der Waals surface area contributed by atoms with Crippen molar-refractivity contribution >= 4 is 16.9 Å². The number of nitrogens with zero attached hydrogens (tertiary/aromatic N) is 2. The van der Waals surface area contributed by atoms with Crippen LogP contribution in [0.1, 0.15) is 37.4 Å². The fraction of sp³-hybridized carbons (Fsp3) is 0.478. The summed E-state index contributed by atoms with van der Waals surface area (Å²) in [4.78, 5) is 19.6. The number of fused-ring (bicyclic) bond motifs is 4. The first-order valence-electron chi connectivity index (χ1n) is 10.2. The van der Waals surface area contributed by atoms with Crippen LogP contribution < -0.4 is 0 Å². The summed E-state index contributed by atoms with van der Waals surface area (Å²) in [5.74, 6) is 1.29. The first kappa shape index (κ1) is 16.9. The maximum atomic E-state index is 12.6. The molecule has 0 amide bonds. The second-order valence-corrected chi connectivity index (χ2v) is 8.30. The lowest BCUT2D eigenvalue weighted by molar-refractivity contribution is -0.158. The van der Waals surface area contributed by atoms with Gasteiger partial charge in [-0.15, -0.1) is 6.58 Å². The number of esters is 1. The Bertz CT molecular complexity index is 870. The third-order valence-electron chi connectivity index (χ3n) is 6.65. The Morgan fingerprint density at radius 2 is 2.11 bits per heavy atom. The maximum absolute atomic E-state index is 12.6. The highest BCUT2D eigenvalue weighted by atomic mass is 16.5. The number of piperidine rings is 3. The molecule has 1 aromatic carbocycles. The molecule has 27 heavy (non-hydrogen) atoms. The molecule has 3 saturated heterocycles. The normalized spacial score (nSPS) is 30.8. The van der Waals surface area contributed by atoms with Gasteiger partial charge in [0.25, 0.3) is 0 Å². The van der Waals surface area contributed by atoms with E-state index in [1.807, 2.05) is 30.5 Å². The lowest BCUT2D eigenvalue weighted by Crippen LogP contribution is -2.55. The quantitative estimate of drug-likeness (QED) is 0.593. The summed E-state index contributed by atoms with van der Waals surface area (Å²) in [5, 5.41) is 1.09. The van der Waals surface area contributed by atoms with Gasteiger partial charge < -0.3 is 4.74 Å². The molecule has 0 radical (unpaired) electrons. The summed E-state index contributed by atoms with van der Waals surface area (Å²) in [6.07, 6.45) is 7.96. The number of hydrogen-bond acceptors (Lipinski definition) is 4. The minimum absolute atomic E-state index is 0.0242. The highest BCUT2D eigenvalue weighted by Gasteiger charge is 2.45. The molecule has 4 heteroatoms. The Hall–Kier alpha value is -2.20. The van der Waals surface area contributed by atoms with Gasteiger partial charge in [-0.3, -0.25) is 14.7 Å². The fourth-order valence-corrected chi connectivity index (χ4v) is 4.95. The summed E-state index contributed by atoms with van der Waals surface area (Å²) in [6, 6.07) is 10.5. The second kappa shape index (κ2) is 6.75. The number of carbonyl (C=O) groups excluding carboxylic acids is 1. The molecular weight excluding hydrogens is 336 g/mol. The van der Waals surface area contributed by atoms with Crippen LogP contribution in [0.5, 0.6) is 0 Å². The van der Waals surface area contributed by atoms with E-state index in [1.165, 1.54) is 6.42 Å². The van der Waals surface area contributed by atoms with Crippen LogP contribution in [-0.4, -0.2) is 35.0 Å². The fourth-order valence-electron chi connectivity index (χ4n) is 4.95. The third kappa shape index (κ3) is 3.06. The summed E-state index contributed by atoms with van der Waals surface area (Å²) in [7, 11) is 0. The lowest BCUT2D eigenvalue weighted by atomic mass is 9.73. The lowest BCUT2D eigenvalue weighted by Gasteiger charge is -2.51. The minimum atomic E-state index is -0.223. The minimum Gasteiger partial charge on any atom is -0.456 e. The Kier molecular flexibility index (Phi) is 4.24. The van der Waals surface area contributed by atoms with Crippen molar-refractivity contribution in [2.24, 2.45) is 17.8 Å². The first-order valence-corrected chi connectivity index (χ1v) is 10.2. The second-order valence-electron chi connectivity index (χ2n) is 8.30. The van der Waals surface area contributed by atoms with Gasteiger partial charge in [0, 0.05) is 23.7 Å². The van der Waals surface area contributed by atoms with Crippen molar-refractivity contribution in [1.29, 1.82) is 0 Å². The molecule has 4 nitrogen and oxygen atoms in total. The van der Waals surface area contributed by atoms with Gasteiger partial charge >= 0.3 is 5.97 Å². The number of aromatic nitrogens is 1. The maximum Gasteiger partial charge on any atom is 0.309 e. The van der Waals surface area contributed by atoms with Crippen LogP contribution in [0.25, 0.3) is 10.9 Å². The highest BCUT2D eigenvalue weighted by molar-refractivity contribution is 5.83. The average molecular weight is 362 g/mol. The molecule has 4 heterocycles. The van der Waals surface area contributed by atoms with Crippen molar-refractivity contribution in [3.05, 3.63) is 54.7 Å². The predicted octanol–water partition coefficient (Wildman–Crippen LogP) is 4.13. The van der Waals surface area contributed by atoms with E-state index in [1.54, 1.807) is 0 Å². The van der Waals surface area contributed by atoms with Crippen LogP contribution in [0.3, 0.4) is 0 Å². The Morgan fingerprint density at radius 1 is 1.26 bits per heavy atom. The molecular formula is C23H26N2O2. The predicted molar refractivity (Wildman–Crippen MR) is 105 cm³/mol. The number of carbonyl (C=O) groups is 1. The highest BCUT2D eigenvalue weighted by Crippen LogP contribution is 2.44. The Morgan fingerprint density at radius 3 is 2.85 bits per heavy atom. The molecule has 1 aromatic heterocycles. The Labute approximate surface area is 160 Å². The van der Waals surface area contributed by atoms with Crippen LogP contribution in [0.2, 0.25) is 0 Å². The molecule has 1 aliphatic carbocycles. The van der Waals surface area contributed by atoms with Crippen LogP contribution >= 0.6 is 0 Å². The van der Waals surface area contributed by atoms with E-state index in [2.05, 4.69) is 28.6 Å². The first-order chi connectivity index (χ1) is 13.2. The number of rotatable bonds is 5. The van der Waals surface area contributed by atoms with Gasteiger partial charge in [0.1, 0.15) is 6.10 Å². The summed E-state index contributed by atoms with van der Waals surface area (Å²) >= 11 is 0. The molecule has 4 fully saturated rings. The summed E-state index contributed by atoms with van der Waals surface area (Å²) in [5.41, 5.74) is 2.06. The molecule has 4 aliphatic rings. The van der Waals surface area contributed by atoms with E-state index < -0.39 is 0 Å². The molecule has 2 aromatic rings. The number of para-hydroxylation sites is 1. The van der Waals surface area contributed by atoms with Crippen LogP contribution in [0.15, 0.2) is 49.2 Å². The Balaban J connectivity index is 1.53.